The van der Waals surface area contributed by atoms with Gasteiger partial charge in [-0.05, 0) is 35.7 Å². The standard InChI is InChI=1S/C18H18BrN5O/c1-13-2-7-16(8-17(13)19)23-18(25)21-9-14-3-5-15(6-4-14)10-24-12-20-11-22-24/h2-8,11-12H,9-10H2,1H3,(H2,21,23,25). The molecule has 0 atom stereocenters. The van der Waals surface area contributed by atoms with Gasteiger partial charge in [0.2, 0.25) is 0 Å². The van der Waals surface area contributed by atoms with Crippen molar-refractivity contribution in [3.8, 4) is 0 Å². The van der Waals surface area contributed by atoms with E-state index in [1.54, 1.807) is 11.0 Å². The van der Waals surface area contributed by atoms with Crippen molar-refractivity contribution in [2.24, 2.45) is 0 Å². The number of hydrogen-bond acceptors (Lipinski definition) is 3. The van der Waals surface area contributed by atoms with Crippen molar-refractivity contribution >= 4 is 27.6 Å². The number of carbonyl (C=O) groups is 1. The Balaban J connectivity index is 1.50. The van der Waals surface area contributed by atoms with E-state index in [1.807, 2.05) is 49.4 Å². The Morgan fingerprint density at radius 3 is 2.60 bits per heavy atom. The van der Waals surface area contributed by atoms with Crippen molar-refractivity contribution in [2.75, 3.05) is 5.32 Å². The Morgan fingerprint density at radius 2 is 1.92 bits per heavy atom. The summed E-state index contributed by atoms with van der Waals surface area (Å²) >= 11 is 3.46. The number of anilines is 1. The predicted molar refractivity (Wildman–Crippen MR) is 100 cm³/mol. The van der Waals surface area contributed by atoms with Gasteiger partial charge in [0.15, 0.2) is 0 Å². The minimum atomic E-state index is -0.234. The minimum Gasteiger partial charge on any atom is -0.334 e. The van der Waals surface area contributed by atoms with Crippen molar-refractivity contribution in [3.63, 3.8) is 0 Å². The smallest absolute Gasteiger partial charge is 0.319 e. The number of carbonyl (C=O) groups excluding carboxylic acids is 1. The van der Waals surface area contributed by atoms with E-state index in [2.05, 4.69) is 36.6 Å². The predicted octanol–water partition coefficient (Wildman–Crippen LogP) is 3.72. The first-order valence-corrected chi connectivity index (χ1v) is 8.61. The lowest BCUT2D eigenvalue weighted by Crippen LogP contribution is -2.28. The molecule has 0 spiro atoms. The second kappa shape index (κ2) is 7.94. The normalized spacial score (nSPS) is 10.5. The topological polar surface area (TPSA) is 71.8 Å². The van der Waals surface area contributed by atoms with E-state index >= 15 is 0 Å². The largest absolute Gasteiger partial charge is 0.334 e. The summed E-state index contributed by atoms with van der Waals surface area (Å²) in [5, 5.41) is 9.76. The first kappa shape index (κ1) is 17.2. The number of amides is 2. The number of aryl methyl sites for hydroxylation is 1. The summed E-state index contributed by atoms with van der Waals surface area (Å²) in [4.78, 5) is 15.9. The van der Waals surface area contributed by atoms with Gasteiger partial charge in [-0.1, -0.05) is 46.3 Å². The molecule has 0 bridgehead atoms. The molecule has 0 fully saturated rings. The van der Waals surface area contributed by atoms with Gasteiger partial charge >= 0.3 is 6.03 Å². The van der Waals surface area contributed by atoms with Crippen LogP contribution >= 0.6 is 15.9 Å². The van der Waals surface area contributed by atoms with Gasteiger partial charge in [0.1, 0.15) is 12.7 Å². The Kier molecular flexibility index (Phi) is 5.45. The average molecular weight is 400 g/mol. The molecule has 0 aliphatic rings. The van der Waals surface area contributed by atoms with Gasteiger partial charge in [-0.3, -0.25) is 0 Å². The first-order valence-electron chi connectivity index (χ1n) is 7.81. The quantitative estimate of drug-likeness (QED) is 0.686. The summed E-state index contributed by atoms with van der Waals surface area (Å²) in [7, 11) is 0. The number of halogens is 1. The molecule has 1 aromatic heterocycles. The van der Waals surface area contributed by atoms with Crippen molar-refractivity contribution in [1.29, 1.82) is 0 Å². The van der Waals surface area contributed by atoms with E-state index in [-0.39, 0.29) is 6.03 Å². The maximum absolute atomic E-state index is 12.0. The third-order valence-corrected chi connectivity index (χ3v) is 4.57. The highest BCUT2D eigenvalue weighted by atomic mass is 79.9. The highest BCUT2D eigenvalue weighted by molar-refractivity contribution is 9.10. The van der Waals surface area contributed by atoms with Crippen LogP contribution in [0.4, 0.5) is 10.5 Å². The van der Waals surface area contributed by atoms with E-state index in [9.17, 15) is 4.79 Å². The van der Waals surface area contributed by atoms with Crippen LogP contribution in [0.2, 0.25) is 0 Å². The van der Waals surface area contributed by atoms with E-state index in [0.717, 1.165) is 26.9 Å². The Hall–Kier alpha value is -2.67. The third kappa shape index (κ3) is 4.90. The Labute approximate surface area is 154 Å². The van der Waals surface area contributed by atoms with Crippen LogP contribution in [0.5, 0.6) is 0 Å². The maximum Gasteiger partial charge on any atom is 0.319 e. The second-order valence-corrected chi connectivity index (χ2v) is 6.54. The molecule has 0 unspecified atom stereocenters. The molecule has 2 amide bonds. The number of urea groups is 1. The van der Waals surface area contributed by atoms with Gasteiger partial charge in [-0.2, -0.15) is 5.10 Å². The van der Waals surface area contributed by atoms with Gasteiger partial charge < -0.3 is 10.6 Å². The number of nitrogens with one attached hydrogen (secondary N) is 2. The van der Waals surface area contributed by atoms with Gasteiger partial charge in [-0.15, -0.1) is 0 Å². The molecule has 0 radical (unpaired) electrons. The fraction of sp³-hybridized carbons (Fsp3) is 0.167. The molecule has 2 N–H and O–H groups in total. The monoisotopic (exact) mass is 399 g/mol. The van der Waals surface area contributed by atoms with Crippen LogP contribution in [0, 0.1) is 6.92 Å². The molecule has 3 aromatic rings. The SMILES string of the molecule is Cc1ccc(NC(=O)NCc2ccc(Cn3cncn3)cc2)cc1Br. The highest BCUT2D eigenvalue weighted by Gasteiger charge is 2.04. The third-order valence-electron chi connectivity index (χ3n) is 3.72. The fourth-order valence-electron chi connectivity index (χ4n) is 2.29. The molecule has 7 heteroatoms. The summed E-state index contributed by atoms with van der Waals surface area (Å²) in [6.07, 6.45) is 3.20. The lowest BCUT2D eigenvalue weighted by Gasteiger charge is -2.09. The molecular formula is C18H18BrN5O. The van der Waals surface area contributed by atoms with Gasteiger partial charge in [-0.25, -0.2) is 14.5 Å². The summed E-state index contributed by atoms with van der Waals surface area (Å²) < 4.78 is 2.73. The summed E-state index contributed by atoms with van der Waals surface area (Å²) in [6, 6.07) is 13.5. The number of benzene rings is 2. The zero-order valence-corrected chi connectivity index (χ0v) is 15.3. The number of rotatable bonds is 5. The molecule has 6 nitrogen and oxygen atoms in total. The summed E-state index contributed by atoms with van der Waals surface area (Å²) in [6.45, 7) is 3.14. The van der Waals surface area contributed by atoms with Crippen molar-refractivity contribution in [1.82, 2.24) is 20.1 Å². The Bertz CT molecular complexity index is 846. The Morgan fingerprint density at radius 1 is 1.16 bits per heavy atom. The second-order valence-electron chi connectivity index (χ2n) is 5.68. The van der Waals surface area contributed by atoms with Crippen molar-refractivity contribution in [3.05, 3.63) is 76.3 Å². The van der Waals surface area contributed by atoms with E-state index in [0.29, 0.717) is 13.1 Å². The molecule has 128 valence electrons. The van der Waals surface area contributed by atoms with Crippen LogP contribution in [0.1, 0.15) is 16.7 Å². The molecule has 2 aromatic carbocycles. The maximum atomic E-state index is 12.0. The first-order chi connectivity index (χ1) is 12.1. The van der Waals surface area contributed by atoms with E-state index in [4.69, 9.17) is 0 Å². The molecule has 0 saturated carbocycles. The molecule has 1 heterocycles. The summed E-state index contributed by atoms with van der Waals surface area (Å²) in [5.74, 6) is 0. The average Bonchev–Trinajstić information content (AvgIpc) is 3.11. The van der Waals surface area contributed by atoms with Crippen LogP contribution < -0.4 is 10.6 Å². The number of nitrogens with zero attached hydrogens (tertiary/aromatic N) is 3. The van der Waals surface area contributed by atoms with Crippen molar-refractivity contribution in [2.45, 2.75) is 20.0 Å². The molecular weight excluding hydrogens is 382 g/mol. The van der Waals surface area contributed by atoms with E-state index in [1.165, 1.54) is 6.33 Å². The van der Waals surface area contributed by atoms with Gasteiger partial charge in [0, 0.05) is 16.7 Å². The number of hydrogen-bond donors (Lipinski definition) is 2. The molecule has 0 aliphatic heterocycles. The highest BCUT2D eigenvalue weighted by Crippen LogP contribution is 2.20. The van der Waals surface area contributed by atoms with Crippen LogP contribution in [0.3, 0.4) is 0 Å². The lowest BCUT2D eigenvalue weighted by atomic mass is 10.1. The van der Waals surface area contributed by atoms with Crippen molar-refractivity contribution < 1.29 is 4.79 Å². The number of aromatic nitrogens is 3. The molecule has 0 saturated heterocycles. The molecule has 0 aliphatic carbocycles. The van der Waals surface area contributed by atoms with Crippen LogP contribution in [0.15, 0.2) is 59.6 Å². The van der Waals surface area contributed by atoms with Crippen LogP contribution in [0.25, 0.3) is 0 Å². The molecule has 3 rings (SSSR count). The van der Waals surface area contributed by atoms with Gasteiger partial charge in [0.25, 0.3) is 0 Å². The zero-order valence-electron chi connectivity index (χ0n) is 13.7. The van der Waals surface area contributed by atoms with Crippen LogP contribution in [-0.4, -0.2) is 20.8 Å². The zero-order chi connectivity index (χ0) is 17.6. The van der Waals surface area contributed by atoms with Gasteiger partial charge in [0.05, 0.1) is 6.54 Å². The van der Waals surface area contributed by atoms with Crippen LogP contribution in [-0.2, 0) is 13.1 Å². The lowest BCUT2D eigenvalue weighted by molar-refractivity contribution is 0.251. The minimum absolute atomic E-state index is 0.234. The molecule has 25 heavy (non-hydrogen) atoms. The van der Waals surface area contributed by atoms with E-state index < -0.39 is 0 Å². The fourth-order valence-corrected chi connectivity index (χ4v) is 2.67. The summed E-state index contributed by atoms with van der Waals surface area (Å²) in [5.41, 5.74) is 4.03.